The maximum atomic E-state index is 9.61. The first-order valence-electron chi connectivity index (χ1n) is 8.51. The highest BCUT2D eigenvalue weighted by molar-refractivity contribution is 5.80. The van der Waals surface area contributed by atoms with Crippen LogP contribution in [0.3, 0.4) is 0 Å². The number of fused-ring (bicyclic) bond motifs is 1. The third kappa shape index (κ3) is 2.77. The molecule has 0 unspecified atom stereocenters. The maximum Gasteiger partial charge on any atom is 0.236 e. The Bertz CT molecular complexity index is 1100. The van der Waals surface area contributed by atoms with Gasteiger partial charge in [0.15, 0.2) is 0 Å². The Labute approximate surface area is 152 Å². The first-order valence-corrected chi connectivity index (χ1v) is 8.51. The van der Waals surface area contributed by atoms with Gasteiger partial charge in [-0.15, -0.1) is 0 Å². The number of nitrogens with zero attached hydrogens (tertiary/aromatic N) is 3. The average Bonchev–Trinajstić information content (AvgIpc) is 2.96. The normalized spacial score (nSPS) is 11.0. The summed E-state index contributed by atoms with van der Waals surface area (Å²) in [5.41, 5.74) is 5.88. The van der Waals surface area contributed by atoms with Crippen LogP contribution < -0.4 is 5.32 Å². The van der Waals surface area contributed by atoms with Crippen molar-refractivity contribution in [3.63, 3.8) is 0 Å². The highest BCUT2D eigenvalue weighted by Crippen LogP contribution is 2.33. The summed E-state index contributed by atoms with van der Waals surface area (Å²) in [6.45, 7) is 6.09. The number of anilines is 2. The summed E-state index contributed by atoms with van der Waals surface area (Å²) in [4.78, 5) is 9.36. The molecular formula is C21H20N4O. The fraction of sp³-hybridized carbons (Fsp3) is 0.143. The molecule has 2 N–H and O–H groups in total. The first kappa shape index (κ1) is 16.1. The number of para-hydroxylation sites is 1. The number of imidazole rings is 1. The van der Waals surface area contributed by atoms with Crippen LogP contribution in [0.5, 0.6) is 5.75 Å². The van der Waals surface area contributed by atoms with Crippen LogP contribution in [0.4, 0.5) is 11.5 Å². The van der Waals surface area contributed by atoms with Crippen LogP contribution >= 0.6 is 0 Å². The Kier molecular flexibility index (Phi) is 3.84. The van der Waals surface area contributed by atoms with Crippen molar-refractivity contribution in [3.05, 3.63) is 71.5 Å². The SMILES string of the molecule is Cc1cc(C)n2c(Nc3ccccc3C)c(-c3ccc(O)cc3)nc2n1. The number of aromatic nitrogens is 3. The molecule has 0 aliphatic heterocycles. The summed E-state index contributed by atoms with van der Waals surface area (Å²) in [7, 11) is 0. The Morgan fingerprint density at radius 1 is 0.923 bits per heavy atom. The van der Waals surface area contributed by atoms with Crippen LogP contribution in [0.15, 0.2) is 54.6 Å². The van der Waals surface area contributed by atoms with E-state index in [4.69, 9.17) is 4.98 Å². The largest absolute Gasteiger partial charge is 0.508 e. The minimum absolute atomic E-state index is 0.232. The molecule has 5 nitrogen and oxygen atoms in total. The number of aromatic hydroxyl groups is 1. The number of nitrogens with one attached hydrogen (secondary N) is 1. The molecule has 2 heterocycles. The Balaban J connectivity index is 1.97. The summed E-state index contributed by atoms with van der Waals surface area (Å²) >= 11 is 0. The topological polar surface area (TPSA) is 62.5 Å². The average molecular weight is 344 g/mol. The van der Waals surface area contributed by atoms with E-state index in [0.717, 1.165) is 39.7 Å². The van der Waals surface area contributed by atoms with E-state index in [0.29, 0.717) is 5.78 Å². The Morgan fingerprint density at radius 2 is 1.65 bits per heavy atom. The van der Waals surface area contributed by atoms with Gasteiger partial charge in [-0.25, -0.2) is 9.97 Å². The highest BCUT2D eigenvalue weighted by atomic mass is 16.3. The zero-order valence-corrected chi connectivity index (χ0v) is 15.0. The van der Waals surface area contributed by atoms with Crippen LogP contribution in [0.25, 0.3) is 17.0 Å². The molecule has 0 aliphatic rings. The highest BCUT2D eigenvalue weighted by Gasteiger charge is 2.17. The number of rotatable bonds is 3. The van der Waals surface area contributed by atoms with Crippen LogP contribution in [0.1, 0.15) is 17.0 Å². The lowest BCUT2D eigenvalue weighted by molar-refractivity contribution is 0.475. The molecule has 0 saturated carbocycles. The van der Waals surface area contributed by atoms with Crippen molar-refractivity contribution in [2.24, 2.45) is 0 Å². The van der Waals surface area contributed by atoms with Crippen molar-refractivity contribution in [2.75, 3.05) is 5.32 Å². The van der Waals surface area contributed by atoms with Gasteiger partial charge in [0.25, 0.3) is 0 Å². The van der Waals surface area contributed by atoms with Gasteiger partial charge in [-0.05, 0) is 62.7 Å². The van der Waals surface area contributed by atoms with E-state index in [2.05, 4.69) is 23.3 Å². The molecule has 0 saturated heterocycles. The van der Waals surface area contributed by atoms with Crippen molar-refractivity contribution in [1.29, 1.82) is 0 Å². The number of benzene rings is 2. The first-order chi connectivity index (χ1) is 12.5. The molecule has 0 fully saturated rings. The molecule has 2 aromatic carbocycles. The fourth-order valence-corrected chi connectivity index (χ4v) is 3.15. The second-order valence-corrected chi connectivity index (χ2v) is 6.47. The lowest BCUT2D eigenvalue weighted by Crippen LogP contribution is -2.02. The third-order valence-electron chi connectivity index (χ3n) is 4.45. The number of phenolic OH excluding ortho intramolecular Hbond substituents is 1. The number of hydrogen-bond acceptors (Lipinski definition) is 4. The third-order valence-corrected chi connectivity index (χ3v) is 4.45. The number of phenols is 1. The minimum atomic E-state index is 0.232. The van der Waals surface area contributed by atoms with Gasteiger partial charge in [-0.2, -0.15) is 0 Å². The van der Waals surface area contributed by atoms with Gasteiger partial charge in [-0.3, -0.25) is 4.40 Å². The zero-order valence-electron chi connectivity index (χ0n) is 15.0. The van der Waals surface area contributed by atoms with Gasteiger partial charge in [0, 0.05) is 22.6 Å². The van der Waals surface area contributed by atoms with Crippen molar-refractivity contribution >= 4 is 17.3 Å². The van der Waals surface area contributed by atoms with Gasteiger partial charge in [0.2, 0.25) is 5.78 Å². The predicted molar refractivity (Wildman–Crippen MR) is 104 cm³/mol. The van der Waals surface area contributed by atoms with Crippen molar-refractivity contribution in [3.8, 4) is 17.0 Å². The van der Waals surface area contributed by atoms with E-state index in [1.165, 1.54) is 0 Å². The van der Waals surface area contributed by atoms with E-state index in [1.807, 2.05) is 54.6 Å². The Morgan fingerprint density at radius 3 is 2.38 bits per heavy atom. The maximum absolute atomic E-state index is 9.61. The van der Waals surface area contributed by atoms with Gasteiger partial charge < -0.3 is 10.4 Å². The molecule has 130 valence electrons. The lowest BCUT2D eigenvalue weighted by atomic mass is 10.1. The smallest absolute Gasteiger partial charge is 0.236 e. The molecule has 2 aromatic heterocycles. The van der Waals surface area contributed by atoms with Crippen LogP contribution in [-0.2, 0) is 0 Å². The molecule has 0 amide bonds. The standard InChI is InChI=1S/C21H20N4O/c1-13-6-4-5-7-18(13)23-20-19(16-8-10-17(26)11-9-16)24-21-22-14(2)12-15(3)25(20)21/h4-12,23,26H,1-3H3. The van der Waals surface area contributed by atoms with Gasteiger partial charge in [-0.1, -0.05) is 18.2 Å². The summed E-state index contributed by atoms with van der Waals surface area (Å²) in [5.74, 6) is 1.75. The van der Waals surface area contributed by atoms with Crippen LogP contribution in [0.2, 0.25) is 0 Å². The number of hydrogen-bond donors (Lipinski definition) is 2. The molecule has 0 bridgehead atoms. The molecule has 0 aliphatic carbocycles. The molecule has 26 heavy (non-hydrogen) atoms. The van der Waals surface area contributed by atoms with Gasteiger partial charge in [0.05, 0.1) is 0 Å². The van der Waals surface area contributed by atoms with E-state index in [1.54, 1.807) is 12.1 Å². The van der Waals surface area contributed by atoms with Gasteiger partial charge >= 0.3 is 0 Å². The summed E-state index contributed by atoms with van der Waals surface area (Å²) in [6.07, 6.45) is 0. The molecule has 0 spiro atoms. The summed E-state index contributed by atoms with van der Waals surface area (Å²) in [6, 6.07) is 17.3. The van der Waals surface area contributed by atoms with Crippen molar-refractivity contribution in [2.45, 2.75) is 20.8 Å². The molecule has 0 radical (unpaired) electrons. The molecular weight excluding hydrogens is 324 g/mol. The van der Waals surface area contributed by atoms with Crippen molar-refractivity contribution in [1.82, 2.24) is 14.4 Å². The van der Waals surface area contributed by atoms with Crippen LogP contribution in [0, 0.1) is 20.8 Å². The van der Waals surface area contributed by atoms with Gasteiger partial charge in [0.1, 0.15) is 17.3 Å². The van der Waals surface area contributed by atoms with E-state index in [9.17, 15) is 5.11 Å². The molecule has 0 atom stereocenters. The minimum Gasteiger partial charge on any atom is -0.508 e. The van der Waals surface area contributed by atoms with E-state index >= 15 is 0 Å². The predicted octanol–water partition coefficient (Wildman–Crippen LogP) is 4.77. The summed E-state index contributed by atoms with van der Waals surface area (Å²) < 4.78 is 2.03. The lowest BCUT2D eigenvalue weighted by Gasteiger charge is -2.12. The second kappa shape index (κ2) is 6.19. The van der Waals surface area contributed by atoms with E-state index < -0.39 is 0 Å². The van der Waals surface area contributed by atoms with E-state index in [-0.39, 0.29) is 5.75 Å². The van der Waals surface area contributed by atoms with Crippen LogP contribution in [-0.4, -0.2) is 19.5 Å². The van der Waals surface area contributed by atoms with Crippen molar-refractivity contribution < 1.29 is 5.11 Å². The fourth-order valence-electron chi connectivity index (χ4n) is 3.15. The zero-order chi connectivity index (χ0) is 18.3. The quantitative estimate of drug-likeness (QED) is 0.562. The molecule has 4 aromatic rings. The molecule has 5 heteroatoms. The molecule has 4 rings (SSSR count). The number of aryl methyl sites for hydroxylation is 3. The second-order valence-electron chi connectivity index (χ2n) is 6.47. The monoisotopic (exact) mass is 344 g/mol. The summed E-state index contributed by atoms with van der Waals surface area (Å²) in [5, 5.41) is 13.1. The Hall–Kier alpha value is -3.34.